The van der Waals surface area contributed by atoms with Crippen LogP contribution in [0.25, 0.3) is 0 Å². The molecule has 0 fully saturated rings. The third-order valence-corrected chi connectivity index (χ3v) is 2.51. The average molecular weight is 258 g/mol. The molecule has 4 nitrogen and oxygen atoms in total. The summed E-state index contributed by atoms with van der Waals surface area (Å²) in [5.41, 5.74) is 0. The molecule has 0 aliphatic heterocycles. The summed E-state index contributed by atoms with van der Waals surface area (Å²) in [6.45, 7) is 7.81. The Bertz CT molecular complexity index is 369. The van der Waals surface area contributed by atoms with Gasteiger partial charge in [-0.15, -0.1) is 0 Å². The van der Waals surface area contributed by atoms with Gasteiger partial charge in [-0.05, 0) is 20.3 Å². The molecule has 2 atom stereocenters. The summed E-state index contributed by atoms with van der Waals surface area (Å²) in [6, 6.07) is 1.84. The van der Waals surface area contributed by atoms with Crippen LogP contribution in [0, 0.1) is 0 Å². The van der Waals surface area contributed by atoms with Crippen molar-refractivity contribution in [3.63, 3.8) is 0 Å². The first-order valence-electron chi connectivity index (χ1n) is 5.87. The molecule has 5 heteroatoms. The number of nitrogens with one attached hydrogen (secondary N) is 1. The summed E-state index contributed by atoms with van der Waals surface area (Å²) in [7, 11) is 0. The van der Waals surface area contributed by atoms with E-state index in [0.717, 1.165) is 5.82 Å². The Morgan fingerprint density at radius 1 is 1.29 bits per heavy atom. The molecular weight excluding hydrogens is 238 g/mol. The number of nitrogens with zero attached hydrogens (tertiary/aromatic N) is 2. The number of aliphatic hydroxyl groups is 1. The third-order valence-electron chi connectivity index (χ3n) is 2.32. The van der Waals surface area contributed by atoms with E-state index in [1.807, 2.05) is 20.8 Å². The number of hydrogen-bond acceptors (Lipinski definition) is 4. The first kappa shape index (κ1) is 14.2. The van der Waals surface area contributed by atoms with Crippen molar-refractivity contribution in [2.75, 3.05) is 5.32 Å². The molecule has 0 aliphatic carbocycles. The average Bonchev–Trinajstić information content (AvgIpc) is 2.14. The maximum atomic E-state index is 9.30. The van der Waals surface area contributed by atoms with Crippen molar-refractivity contribution < 1.29 is 5.11 Å². The highest BCUT2D eigenvalue weighted by atomic mass is 35.5. The van der Waals surface area contributed by atoms with Crippen molar-refractivity contribution in [2.45, 2.75) is 52.2 Å². The maximum Gasteiger partial charge on any atom is 0.135 e. The fourth-order valence-electron chi connectivity index (χ4n) is 1.59. The van der Waals surface area contributed by atoms with Crippen molar-refractivity contribution in [3.05, 3.63) is 17.0 Å². The number of rotatable bonds is 5. The molecule has 0 aromatic carbocycles. The fourth-order valence-corrected chi connectivity index (χ4v) is 1.78. The highest BCUT2D eigenvalue weighted by Gasteiger charge is 2.10. The van der Waals surface area contributed by atoms with E-state index < -0.39 is 0 Å². The molecule has 1 aromatic heterocycles. The molecule has 17 heavy (non-hydrogen) atoms. The quantitative estimate of drug-likeness (QED) is 0.797. The standard InChI is InChI=1S/C12H20ClN3O/c1-7(2)12-15-10(13)6-11(16-12)14-8(3)5-9(4)17/h6-9,17H,5H2,1-4H3,(H,14,15,16). The number of anilines is 1. The minimum atomic E-state index is -0.334. The summed E-state index contributed by atoms with van der Waals surface area (Å²) in [4.78, 5) is 8.56. The zero-order valence-electron chi connectivity index (χ0n) is 10.7. The van der Waals surface area contributed by atoms with Crippen molar-refractivity contribution in [3.8, 4) is 0 Å². The minimum absolute atomic E-state index is 0.140. The van der Waals surface area contributed by atoms with E-state index in [2.05, 4.69) is 15.3 Å². The molecular formula is C12H20ClN3O. The Morgan fingerprint density at radius 3 is 2.47 bits per heavy atom. The van der Waals surface area contributed by atoms with Crippen LogP contribution in [0.1, 0.15) is 45.9 Å². The Hall–Kier alpha value is -0.870. The lowest BCUT2D eigenvalue weighted by atomic mass is 10.1. The van der Waals surface area contributed by atoms with Crippen LogP contribution in [-0.4, -0.2) is 27.2 Å². The van der Waals surface area contributed by atoms with E-state index in [1.54, 1.807) is 13.0 Å². The van der Waals surface area contributed by atoms with E-state index >= 15 is 0 Å². The molecule has 96 valence electrons. The van der Waals surface area contributed by atoms with Crippen molar-refractivity contribution in [2.24, 2.45) is 0 Å². The lowest BCUT2D eigenvalue weighted by Gasteiger charge is -2.17. The molecule has 0 amide bonds. The van der Waals surface area contributed by atoms with Crippen molar-refractivity contribution in [1.82, 2.24) is 9.97 Å². The molecule has 0 bridgehead atoms. The van der Waals surface area contributed by atoms with Crippen molar-refractivity contribution in [1.29, 1.82) is 0 Å². The zero-order valence-corrected chi connectivity index (χ0v) is 11.5. The topological polar surface area (TPSA) is 58.0 Å². The predicted molar refractivity (Wildman–Crippen MR) is 70.5 cm³/mol. The van der Waals surface area contributed by atoms with Gasteiger partial charge in [0.1, 0.15) is 16.8 Å². The van der Waals surface area contributed by atoms with Gasteiger partial charge in [0.15, 0.2) is 0 Å². The van der Waals surface area contributed by atoms with Crippen LogP contribution in [-0.2, 0) is 0 Å². The normalized spacial score (nSPS) is 14.8. The summed E-state index contributed by atoms with van der Waals surface area (Å²) < 4.78 is 0. The lowest BCUT2D eigenvalue weighted by Crippen LogP contribution is -2.21. The molecule has 0 spiro atoms. The van der Waals surface area contributed by atoms with Crippen LogP contribution in [0.3, 0.4) is 0 Å². The lowest BCUT2D eigenvalue weighted by molar-refractivity contribution is 0.179. The molecule has 0 saturated carbocycles. The Morgan fingerprint density at radius 2 is 1.94 bits per heavy atom. The first-order valence-corrected chi connectivity index (χ1v) is 6.25. The van der Waals surface area contributed by atoms with E-state index in [0.29, 0.717) is 17.4 Å². The van der Waals surface area contributed by atoms with Gasteiger partial charge in [0.25, 0.3) is 0 Å². The van der Waals surface area contributed by atoms with Crippen LogP contribution < -0.4 is 5.32 Å². The predicted octanol–water partition coefficient (Wildman–Crippen LogP) is 2.82. The molecule has 1 heterocycles. The van der Waals surface area contributed by atoms with Gasteiger partial charge in [-0.25, -0.2) is 9.97 Å². The number of aromatic nitrogens is 2. The summed E-state index contributed by atoms with van der Waals surface area (Å²) in [5.74, 6) is 1.67. The minimum Gasteiger partial charge on any atom is -0.393 e. The van der Waals surface area contributed by atoms with Gasteiger partial charge in [0.05, 0.1) is 6.10 Å². The Balaban J connectivity index is 2.77. The summed E-state index contributed by atoms with van der Waals surface area (Å²) in [5, 5.41) is 13.0. The van der Waals surface area contributed by atoms with Gasteiger partial charge in [-0.2, -0.15) is 0 Å². The van der Waals surface area contributed by atoms with Gasteiger partial charge in [-0.1, -0.05) is 25.4 Å². The van der Waals surface area contributed by atoms with Crippen LogP contribution in [0.5, 0.6) is 0 Å². The van der Waals surface area contributed by atoms with Crippen LogP contribution in [0.4, 0.5) is 5.82 Å². The fraction of sp³-hybridized carbons (Fsp3) is 0.667. The highest BCUT2D eigenvalue weighted by molar-refractivity contribution is 6.29. The summed E-state index contributed by atoms with van der Waals surface area (Å²) >= 11 is 5.94. The summed E-state index contributed by atoms with van der Waals surface area (Å²) in [6.07, 6.45) is 0.331. The van der Waals surface area contributed by atoms with Crippen molar-refractivity contribution >= 4 is 17.4 Å². The smallest absolute Gasteiger partial charge is 0.135 e. The monoisotopic (exact) mass is 257 g/mol. The largest absolute Gasteiger partial charge is 0.393 e. The van der Waals surface area contributed by atoms with E-state index in [4.69, 9.17) is 11.6 Å². The molecule has 0 saturated heterocycles. The molecule has 1 aromatic rings. The maximum absolute atomic E-state index is 9.30. The third kappa shape index (κ3) is 4.88. The van der Waals surface area contributed by atoms with Gasteiger partial charge < -0.3 is 10.4 Å². The zero-order chi connectivity index (χ0) is 13.0. The van der Waals surface area contributed by atoms with E-state index in [-0.39, 0.29) is 18.1 Å². The molecule has 2 unspecified atom stereocenters. The van der Waals surface area contributed by atoms with Crippen LogP contribution in [0.2, 0.25) is 5.15 Å². The van der Waals surface area contributed by atoms with Gasteiger partial charge in [-0.3, -0.25) is 0 Å². The van der Waals surface area contributed by atoms with E-state index in [1.165, 1.54) is 0 Å². The molecule has 0 radical (unpaired) electrons. The number of hydrogen-bond donors (Lipinski definition) is 2. The van der Waals surface area contributed by atoms with Gasteiger partial charge in [0.2, 0.25) is 0 Å². The molecule has 1 rings (SSSR count). The molecule has 2 N–H and O–H groups in total. The number of halogens is 1. The Labute approximate surface area is 107 Å². The van der Waals surface area contributed by atoms with Gasteiger partial charge >= 0.3 is 0 Å². The first-order chi connectivity index (χ1) is 7.88. The second kappa shape index (κ2) is 6.17. The SMILES string of the molecule is CC(O)CC(C)Nc1cc(Cl)nc(C(C)C)n1. The number of aliphatic hydroxyl groups excluding tert-OH is 1. The van der Waals surface area contributed by atoms with Gasteiger partial charge in [0, 0.05) is 18.0 Å². The highest BCUT2D eigenvalue weighted by Crippen LogP contribution is 2.18. The second-order valence-corrected chi connectivity index (χ2v) is 5.11. The Kier molecular flexibility index (Phi) is 5.15. The van der Waals surface area contributed by atoms with Crippen LogP contribution >= 0.6 is 11.6 Å². The van der Waals surface area contributed by atoms with Crippen LogP contribution in [0.15, 0.2) is 6.07 Å². The molecule has 0 aliphatic rings. The van der Waals surface area contributed by atoms with E-state index in [9.17, 15) is 5.11 Å². The second-order valence-electron chi connectivity index (χ2n) is 4.72.